The van der Waals surface area contributed by atoms with Crippen molar-refractivity contribution in [3.8, 4) is 12.3 Å². The van der Waals surface area contributed by atoms with Gasteiger partial charge in [0.2, 0.25) is 0 Å². The summed E-state index contributed by atoms with van der Waals surface area (Å²) in [5.74, 6) is 2.69. The molecular formula is C7H12N2. The molecular weight excluding hydrogens is 112 g/mol. The molecule has 1 fully saturated rings. The van der Waals surface area contributed by atoms with E-state index in [-0.39, 0.29) is 0 Å². The van der Waals surface area contributed by atoms with Crippen molar-refractivity contribution in [2.24, 2.45) is 0 Å². The molecule has 2 N–H and O–H groups in total. The zero-order valence-electron chi connectivity index (χ0n) is 5.48. The summed E-state index contributed by atoms with van der Waals surface area (Å²) >= 11 is 0. The summed E-state index contributed by atoms with van der Waals surface area (Å²) in [7, 11) is 0. The zero-order valence-corrected chi connectivity index (χ0v) is 5.48. The van der Waals surface area contributed by atoms with Crippen LogP contribution in [0.3, 0.4) is 0 Å². The molecule has 2 heteroatoms. The van der Waals surface area contributed by atoms with Crippen LogP contribution in [0, 0.1) is 12.3 Å². The summed E-state index contributed by atoms with van der Waals surface area (Å²) in [5.41, 5.74) is 0. The molecule has 0 aromatic carbocycles. The van der Waals surface area contributed by atoms with E-state index in [9.17, 15) is 0 Å². The highest BCUT2D eigenvalue weighted by molar-refractivity contribution is 4.99. The van der Waals surface area contributed by atoms with E-state index >= 15 is 0 Å². The molecule has 0 aromatic heterocycles. The Balaban J connectivity index is 2.29. The van der Waals surface area contributed by atoms with Crippen LogP contribution < -0.4 is 10.6 Å². The molecule has 0 saturated carbocycles. The molecule has 0 aromatic rings. The second-order valence-corrected chi connectivity index (χ2v) is 2.21. The lowest BCUT2D eigenvalue weighted by atomic mass is 10.2. The van der Waals surface area contributed by atoms with Gasteiger partial charge >= 0.3 is 0 Å². The van der Waals surface area contributed by atoms with Crippen molar-refractivity contribution in [1.29, 1.82) is 0 Å². The molecule has 50 valence electrons. The van der Waals surface area contributed by atoms with Crippen LogP contribution in [-0.2, 0) is 0 Å². The Labute approximate surface area is 56.0 Å². The normalized spacial score (nSPS) is 28.6. The molecule has 1 aliphatic rings. The van der Waals surface area contributed by atoms with Crippen molar-refractivity contribution in [3.63, 3.8) is 0 Å². The molecule has 0 bridgehead atoms. The molecule has 1 atom stereocenters. The monoisotopic (exact) mass is 124 g/mol. The third kappa shape index (κ3) is 2.05. The van der Waals surface area contributed by atoms with Crippen LogP contribution >= 0.6 is 0 Å². The van der Waals surface area contributed by atoms with E-state index in [0.717, 1.165) is 26.1 Å². The largest absolute Gasteiger partial charge is 0.315 e. The first-order valence-corrected chi connectivity index (χ1v) is 3.33. The highest BCUT2D eigenvalue weighted by Crippen LogP contribution is 1.89. The van der Waals surface area contributed by atoms with Crippen LogP contribution in [0.25, 0.3) is 0 Å². The van der Waals surface area contributed by atoms with E-state index < -0.39 is 0 Å². The molecule has 0 radical (unpaired) electrons. The Morgan fingerprint density at radius 2 is 2.22 bits per heavy atom. The van der Waals surface area contributed by atoms with E-state index in [1.807, 2.05) is 0 Å². The van der Waals surface area contributed by atoms with E-state index in [1.165, 1.54) is 0 Å². The van der Waals surface area contributed by atoms with Gasteiger partial charge in [0.1, 0.15) is 0 Å². The highest BCUT2D eigenvalue weighted by atomic mass is 15.0. The fourth-order valence-corrected chi connectivity index (χ4v) is 0.951. The average Bonchev–Trinajstić information content (AvgIpc) is 2.13. The standard InChI is InChI=1S/C7H12N2/c1-2-7-3-4-8-5-6-9-7/h1,7-9H,3-6H2/t7-/m1/s1. The third-order valence-corrected chi connectivity index (χ3v) is 1.50. The van der Waals surface area contributed by atoms with Crippen molar-refractivity contribution in [3.05, 3.63) is 0 Å². The van der Waals surface area contributed by atoms with Gasteiger partial charge in [-0.25, -0.2) is 0 Å². The SMILES string of the molecule is C#C[C@@H]1CCNCCN1. The Kier molecular flexibility index (Phi) is 2.56. The zero-order chi connectivity index (χ0) is 6.53. The summed E-state index contributed by atoms with van der Waals surface area (Å²) in [5, 5.41) is 6.49. The Bertz CT molecular complexity index is 107. The van der Waals surface area contributed by atoms with Crippen LogP contribution in [0.4, 0.5) is 0 Å². The van der Waals surface area contributed by atoms with Crippen LogP contribution in [0.2, 0.25) is 0 Å². The molecule has 1 saturated heterocycles. The molecule has 0 amide bonds. The van der Waals surface area contributed by atoms with Gasteiger partial charge in [0.05, 0.1) is 6.04 Å². The highest BCUT2D eigenvalue weighted by Gasteiger charge is 2.05. The second kappa shape index (κ2) is 3.49. The van der Waals surface area contributed by atoms with Gasteiger partial charge in [-0.3, -0.25) is 0 Å². The molecule has 1 rings (SSSR count). The molecule has 2 nitrogen and oxygen atoms in total. The maximum absolute atomic E-state index is 5.23. The predicted octanol–water partition coefficient (Wildman–Crippen LogP) is -0.429. The van der Waals surface area contributed by atoms with Crippen molar-refractivity contribution in [2.45, 2.75) is 12.5 Å². The van der Waals surface area contributed by atoms with Crippen LogP contribution in [0.1, 0.15) is 6.42 Å². The van der Waals surface area contributed by atoms with Crippen LogP contribution in [0.15, 0.2) is 0 Å². The summed E-state index contributed by atoms with van der Waals surface area (Å²) < 4.78 is 0. The first kappa shape index (κ1) is 6.60. The van der Waals surface area contributed by atoms with Gasteiger partial charge < -0.3 is 10.6 Å². The molecule has 9 heavy (non-hydrogen) atoms. The van der Waals surface area contributed by atoms with Crippen LogP contribution in [-0.4, -0.2) is 25.7 Å². The lowest BCUT2D eigenvalue weighted by molar-refractivity contribution is 0.631. The van der Waals surface area contributed by atoms with Gasteiger partial charge in [-0.05, 0) is 13.0 Å². The molecule has 0 aliphatic carbocycles. The van der Waals surface area contributed by atoms with Crippen molar-refractivity contribution in [1.82, 2.24) is 10.6 Å². The number of hydrogen-bond donors (Lipinski definition) is 2. The quantitative estimate of drug-likeness (QED) is 0.428. The lowest BCUT2D eigenvalue weighted by Crippen LogP contribution is -2.28. The summed E-state index contributed by atoms with van der Waals surface area (Å²) in [6, 6.07) is 0.292. The van der Waals surface area contributed by atoms with Gasteiger partial charge in [0.25, 0.3) is 0 Å². The van der Waals surface area contributed by atoms with E-state index in [4.69, 9.17) is 6.42 Å². The lowest BCUT2D eigenvalue weighted by Gasteiger charge is -2.05. The Morgan fingerprint density at radius 1 is 1.33 bits per heavy atom. The summed E-state index contributed by atoms with van der Waals surface area (Å²) in [4.78, 5) is 0. The third-order valence-electron chi connectivity index (χ3n) is 1.50. The van der Waals surface area contributed by atoms with Crippen molar-refractivity contribution in [2.75, 3.05) is 19.6 Å². The smallest absolute Gasteiger partial charge is 0.0699 e. The molecule has 0 unspecified atom stereocenters. The fraction of sp³-hybridized carbons (Fsp3) is 0.714. The number of terminal acetylenes is 1. The summed E-state index contributed by atoms with van der Waals surface area (Å²) in [6.07, 6.45) is 6.28. The minimum atomic E-state index is 0.292. The van der Waals surface area contributed by atoms with Gasteiger partial charge in [-0.1, -0.05) is 5.92 Å². The second-order valence-electron chi connectivity index (χ2n) is 2.21. The van der Waals surface area contributed by atoms with Crippen molar-refractivity contribution < 1.29 is 0 Å². The number of rotatable bonds is 0. The maximum Gasteiger partial charge on any atom is 0.0699 e. The van der Waals surface area contributed by atoms with E-state index in [2.05, 4.69) is 16.6 Å². The van der Waals surface area contributed by atoms with Gasteiger partial charge in [-0.2, -0.15) is 0 Å². The van der Waals surface area contributed by atoms with Gasteiger partial charge in [-0.15, -0.1) is 6.42 Å². The number of hydrogen-bond acceptors (Lipinski definition) is 2. The van der Waals surface area contributed by atoms with Crippen LogP contribution in [0.5, 0.6) is 0 Å². The molecule has 1 aliphatic heterocycles. The predicted molar refractivity (Wildman–Crippen MR) is 38.1 cm³/mol. The summed E-state index contributed by atoms with van der Waals surface area (Å²) in [6.45, 7) is 3.08. The van der Waals surface area contributed by atoms with Gasteiger partial charge in [0, 0.05) is 13.1 Å². The fourth-order valence-electron chi connectivity index (χ4n) is 0.951. The molecule has 0 spiro atoms. The van der Waals surface area contributed by atoms with Gasteiger partial charge in [0.15, 0.2) is 0 Å². The maximum atomic E-state index is 5.23. The van der Waals surface area contributed by atoms with Crippen molar-refractivity contribution >= 4 is 0 Å². The first-order chi connectivity index (χ1) is 4.43. The first-order valence-electron chi connectivity index (χ1n) is 3.33. The topological polar surface area (TPSA) is 24.1 Å². The number of nitrogens with one attached hydrogen (secondary N) is 2. The minimum absolute atomic E-state index is 0.292. The Morgan fingerprint density at radius 3 is 3.00 bits per heavy atom. The Hall–Kier alpha value is -0.520. The average molecular weight is 124 g/mol. The van der Waals surface area contributed by atoms with E-state index in [1.54, 1.807) is 0 Å². The molecule has 1 heterocycles. The van der Waals surface area contributed by atoms with E-state index in [0.29, 0.717) is 6.04 Å². The minimum Gasteiger partial charge on any atom is -0.315 e.